The van der Waals surface area contributed by atoms with Crippen molar-refractivity contribution in [2.24, 2.45) is 7.05 Å². The molecule has 0 saturated heterocycles. The lowest BCUT2D eigenvalue weighted by molar-refractivity contribution is 0.0735. The maximum Gasteiger partial charge on any atom is 0.261 e. The van der Waals surface area contributed by atoms with Crippen LogP contribution in [-0.4, -0.2) is 41.4 Å². The molecule has 2 aromatic rings. The fraction of sp³-hybridized carbons (Fsp3) is 0.474. The maximum atomic E-state index is 13.3. The Kier molecular flexibility index (Phi) is 6.07. The van der Waals surface area contributed by atoms with Gasteiger partial charge in [0.1, 0.15) is 17.1 Å². The van der Waals surface area contributed by atoms with Gasteiger partial charge in [-0.15, -0.1) is 0 Å². The molecule has 0 saturated carbocycles. The molecule has 0 atom stereocenters. The van der Waals surface area contributed by atoms with Crippen LogP contribution in [0.4, 0.5) is 0 Å². The summed E-state index contributed by atoms with van der Waals surface area (Å²) in [5.41, 5.74) is 3.55. The Morgan fingerprint density at radius 3 is 2.24 bits per heavy atom. The summed E-state index contributed by atoms with van der Waals surface area (Å²) in [7, 11) is 5.04. The maximum absolute atomic E-state index is 13.3. The summed E-state index contributed by atoms with van der Waals surface area (Å²) in [6, 6.07) is 5.37. The van der Waals surface area contributed by atoms with E-state index in [2.05, 4.69) is 12.0 Å². The van der Waals surface area contributed by atoms with E-state index in [4.69, 9.17) is 9.47 Å². The smallest absolute Gasteiger partial charge is 0.261 e. The molecule has 0 bridgehead atoms. The summed E-state index contributed by atoms with van der Waals surface area (Å²) in [5, 5.41) is 4.45. The zero-order chi connectivity index (χ0) is 18.6. The van der Waals surface area contributed by atoms with Crippen molar-refractivity contribution in [1.82, 2.24) is 14.7 Å². The van der Waals surface area contributed by atoms with E-state index < -0.39 is 0 Å². The van der Waals surface area contributed by atoms with E-state index in [1.165, 1.54) is 0 Å². The largest absolute Gasteiger partial charge is 0.496 e. The van der Waals surface area contributed by atoms with E-state index in [1.54, 1.807) is 26.4 Å². The number of hydrogen-bond donors (Lipinski definition) is 0. The molecule has 6 nitrogen and oxygen atoms in total. The molecule has 0 aliphatic carbocycles. The summed E-state index contributed by atoms with van der Waals surface area (Å²) in [6.45, 7) is 7.21. The number of methoxy groups -OCH3 is 2. The predicted octanol–water partition coefficient (Wildman–Crippen LogP) is 3.11. The Hall–Kier alpha value is -2.50. The van der Waals surface area contributed by atoms with Gasteiger partial charge in [-0.05, 0) is 32.4 Å². The van der Waals surface area contributed by atoms with Crippen LogP contribution in [0.15, 0.2) is 18.2 Å². The van der Waals surface area contributed by atoms with Crippen molar-refractivity contribution < 1.29 is 14.3 Å². The molecule has 25 heavy (non-hydrogen) atoms. The molecule has 1 amide bonds. The van der Waals surface area contributed by atoms with E-state index >= 15 is 0 Å². The molecule has 0 unspecified atom stereocenters. The number of amides is 1. The van der Waals surface area contributed by atoms with Crippen molar-refractivity contribution >= 4 is 5.91 Å². The molecule has 2 rings (SSSR count). The molecule has 136 valence electrons. The SMILES string of the molecule is CCCN(Cc1c(C)nn(C)c1C)C(=O)c1c(OC)cccc1OC. The number of nitrogens with zero attached hydrogens (tertiary/aromatic N) is 3. The highest BCUT2D eigenvalue weighted by Crippen LogP contribution is 2.30. The lowest BCUT2D eigenvalue weighted by Gasteiger charge is -2.24. The normalized spacial score (nSPS) is 10.6. The van der Waals surface area contributed by atoms with Crippen LogP contribution in [0.5, 0.6) is 11.5 Å². The Bertz CT molecular complexity index is 730. The van der Waals surface area contributed by atoms with Crippen molar-refractivity contribution in [2.45, 2.75) is 33.7 Å². The molecule has 1 aromatic carbocycles. The minimum atomic E-state index is -0.0983. The van der Waals surface area contributed by atoms with Gasteiger partial charge in [0.05, 0.1) is 19.9 Å². The molecule has 0 aliphatic rings. The third-order valence-corrected chi connectivity index (χ3v) is 4.43. The highest BCUT2D eigenvalue weighted by atomic mass is 16.5. The summed E-state index contributed by atoms with van der Waals surface area (Å²) in [6.07, 6.45) is 0.863. The second-order valence-corrected chi connectivity index (χ2v) is 6.04. The van der Waals surface area contributed by atoms with Gasteiger partial charge in [-0.25, -0.2) is 0 Å². The van der Waals surface area contributed by atoms with Gasteiger partial charge in [0, 0.05) is 31.4 Å². The number of aromatic nitrogens is 2. The van der Waals surface area contributed by atoms with Crippen molar-refractivity contribution in [2.75, 3.05) is 20.8 Å². The Balaban J connectivity index is 2.42. The second-order valence-electron chi connectivity index (χ2n) is 6.04. The van der Waals surface area contributed by atoms with E-state index in [0.717, 1.165) is 23.4 Å². The average molecular weight is 345 g/mol. The van der Waals surface area contributed by atoms with Gasteiger partial charge in [-0.3, -0.25) is 9.48 Å². The molecule has 0 aliphatic heterocycles. The molecule has 0 radical (unpaired) electrons. The minimum Gasteiger partial charge on any atom is -0.496 e. The molecule has 0 N–H and O–H groups in total. The number of hydrogen-bond acceptors (Lipinski definition) is 4. The Morgan fingerprint density at radius 1 is 1.20 bits per heavy atom. The van der Waals surface area contributed by atoms with E-state index in [9.17, 15) is 4.79 Å². The minimum absolute atomic E-state index is 0.0983. The van der Waals surface area contributed by atoms with Gasteiger partial charge in [-0.1, -0.05) is 13.0 Å². The average Bonchev–Trinajstić information content (AvgIpc) is 2.85. The van der Waals surface area contributed by atoms with Crippen LogP contribution in [0.2, 0.25) is 0 Å². The topological polar surface area (TPSA) is 56.6 Å². The Labute approximate surface area is 149 Å². The van der Waals surface area contributed by atoms with E-state index in [-0.39, 0.29) is 5.91 Å². The molecule has 6 heteroatoms. The van der Waals surface area contributed by atoms with Gasteiger partial charge in [0.15, 0.2) is 0 Å². The van der Waals surface area contributed by atoms with Crippen molar-refractivity contribution in [3.05, 3.63) is 40.7 Å². The van der Waals surface area contributed by atoms with Crippen molar-refractivity contribution in [3.63, 3.8) is 0 Å². The summed E-state index contributed by atoms with van der Waals surface area (Å²) in [4.78, 5) is 15.1. The molecule has 0 fully saturated rings. The number of rotatable bonds is 7. The lowest BCUT2D eigenvalue weighted by atomic mass is 10.1. The molecular weight excluding hydrogens is 318 g/mol. The van der Waals surface area contributed by atoms with Crippen LogP contribution in [0.3, 0.4) is 0 Å². The van der Waals surface area contributed by atoms with Gasteiger partial charge < -0.3 is 14.4 Å². The first-order valence-electron chi connectivity index (χ1n) is 8.43. The molecule has 1 aromatic heterocycles. The van der Waals surface area contributed by atoms with Crippen LogP contribution < -0.4 is 9.47 Å². The lowest BCUT2D eigenvalue weighted by Crippen LogP contribution is -2.32. The van der Waals surface area contributed by atoms with E-state index in [1.807, 2.05) is 36.5 Å². The van der Waals surface area contributed by atoms with Crippen LogP contribution in [-0.2, 0) is 13.6 Å². The zero-order valence-electron chi connectivity index (χ0n) is 15.9. The molecular formula is C19H27N3O3. The first kappa shape index (κ1) is 18.8. The van der Waals surface area contributed by atoms with Crippen LogP contribution in [0.25, 0.3) is 0 Å². The van der Waals surface area contributed by atoms with Gasteiger partial charge >= 0.3 is 0 Å². The number of carbonyl (C=O) groups is 1. The highest BCUT2D eigenvalue weighted by molar-refractivity contribution is 5.99. The third kappa shape index (κ3) is 3.78. The van der Waals surface area contributed by atoms with Gasteiger partial charge in [-0.2, -0.15) is 5.10 Å². The van der Waals surface area contributed by atoms with Crippen LogP contribution in [0.1, 0.15) is 40.7 Å². The predicted molar refractivity (Wildman–Crippen MR) is 97.3 cm³/mol. The van der Waals surface area contributed by atoms with Crippen LogP contribution >= 0.6 is 0 Å². The first-order valence-corrected chi connectivity index (χ1v) is 8.43. The highest BCUT2D eigenvalue weighted by Gasteiger charge is 2.25. The summed E-state index contributed by atoms with van der Waals surface area (Å²) < 4.78 is 12.6. The van der Waals surface area contributed by atoms with Crippen molar-refractivity contribution in [3.8, 4) is 11.5 Å². The number of carbonyl (C=O) groups excluding carboxylic acids is 1. The fourth-order valence-corrected chi connectivity index (χ4v) is 2.98. The monoisotopic (exact) mass is 345 g/mol. The van der Waals surface area contributed by atoms with Gasteiger partial charge in [0.2, 0.25) is 0 Å². The third-order valence-electron chi connectivity index (χ3n) is 4.43. The number of benzene rings is 1. The Morgan fingerprint density at radius 2 is 1.80 bits per heavy atom. The number of aryl methyl sites for hydroxylation is 2. The summed E-state index contributed by atoms with van der Waals surface area (Å²) in [5.74, 6) is 0.939. The standard InChI is InChI=1S/C19H27N3O3/c1-7-11-22(12-15-13(2)20-21(4)14(15)3)19(23)18-16(24-5)9-8-10-17(18)25-6/h8-10H,7,11-12H2,1-6H3. The fourth-order valence-electron chi connectivity index (χ4n) is 2.98. The van der Waals surface area contributed by atoms with E-state index in [0.29, 0.717) is 30.2 Å². The van der Waals surface area contributed by atoms with Crippen molar-refractivity contribution in [1.29, 1.82) is 0 Å². The molecule has 1 heterocycles. The summed E-state index contributed by atoms with van der Waals surface area (Å²) >= 11 is 0. The van der Waals surface area contributed by atoms with Gasteiger partial charge in [0.25, 0.3) is 5.91 Å². The van der Waals surface area contributed by atoms with Crippen LogP contribution in [0, 0.1) is 13.8 Å². The zero-order valence-corrected chi connectivity index (χ0v) is 15.9. The number of ether oxygens (including phenoxy) is 2. The second kappa shape index (κ2) is 8.05. The quantitative estimate of drug-likeness (QED) is 0.774. The molecule has 0 spiro atoms. The first-order chi connectivity index (χ1) is 11.9.